The normalized spacial score (nSPS) is 12.3. The van der Waals surface area contributed by atoms with Crippen molar-refractivity contribution < 1.29 is 0 Å². The third-order valence-electron chi connectivity index (χ3n) is 2.90. The van der Waals surface area contributed by atoms with Gasteiger partial charge in [-0.2, -0.15) is 0 Å². The fraction of sp³-hybridized carbons (Fsp3) is 0.333. The molecule has 4 heteroatoms. The van der Waals surface area contributed by atoms with E-state index in [0.717, 1.165) is 35.2 Å². The molecule has 0 radical (unpaired) electrons. The van der Waals surface area contributed by atoms with E-state index in [-0.39, 0.29) is 6.04 Å². The highest BCUT2D eigenvalue weighted by Crippen LogP contribution is 2.23. The lowest BCUT2D eigenvalue weighted by atomic mass is 10.1. The van der Waals surface area contributed by atoms with Gasteiger partial charge in [-0.1, -0.05) is 13.0 Å². The molecule has 0 aliphatic heterocycles. The van der Waals surface area contributed by atoms with Crippen LogP contribution in [0.3, 0.4) is 0 Å². The van der Waals surface area contributed by atoms with Crippen molar-refractivity contribution in [3.63, 3.8) is 0 Å². The molecule has 19 heavy (non-hydrogen) atoms. The standard InChI is InChI=1S/C15H18BrN3/c1-2-8-18-14(11-12-6-3-4-9-17-12)15-13(16)7-5-10-19-15/h3-7,9-10,14,18H,2,8,11H2,1H3. The average molecular weight is 320 g/mol. The van der Waals surface area contributed by atoms with E-state index in [1.54, 1.807) is 0 Å². The molecule has 1 unspecified atom stereocenters. The van der Waals surface area contributed by atoms with E-state index in [1.165, 1.54) is 0 Å². The first-order valence-electron chi connectivity index (χ1n) is 6.55. The predicted molar refractivity (Wildman–Crippen MR) is 80.9 cm³/mol. The van der Waals surface area contributed by atoms with Crippen molar-refractivity contribution in [2.45, 2.75) is 25.8 Å². The summed E-state index contributed by atoms with van der Waals surface area (Å²) in [5, 5.41) is 3.54. The Morgan fingerprint density at radius 3 is 2.68 bits per heavy atom. The highest BCUT2D eigenvalue weighted by Gasteiger charge is 2.16. The number of aromatic nitrogens is 2. The third-order valence-corrected chi connectivity index (χ3v) is 3.57. The summed E-state index contributed by atoms with van der Waals surface area (Å²) in [6.07, 6.45) is 5.61. The summed E-state index contributed by atoms with van der Waals surface area (Å²) in [6.45, 7) is 3.14. The minimum absolute atomic E-state index is 0.186. The van der Waals surface area contributed by atoms with E-state index >= 15 is 0 Å². The van der Waals surface area contributed by atoms with E-state index in [1.807, 2.05) is 36.7 Å². The summed E-state index contributed by atoms with van der Waals surface area (Å²) < 4.78 is 1.04. The number of pyridine rings is 2. The smallest absolute Gasteiger partial charge is 0.0718 e. The molecule has 1 atom stereocenters. The maximum atomic E-state index is 4.49. The van der Waals surface area contributed by atoms with E-state index in [2.05, 4.69) is 44.2 Å². The zero-order valence-corrected chi connectivity index (χ0v) is 12.6. The molecular weight excluding hydrogens is 302 g/mol. The van der Waals surface area contributed by atoms with Crippen molar-refractivity contribution in [2.75, 3.05) is 6.54 Å². The molecule has 0 aliphatic rings. The summed E-state index contributed by atoms with van der Waals surface area (Å²) >= 11 is 3.58. The van der Waals surface area contributed by atoms with Gasteiger partial charge in [-0.05, 0) is 53.2 Å². The zero-order chi connectivity index (χ0) is 13.5. The Morgan fingerprint density at radius 2 is 2.00 bits per heavy atom. The number of nitrogens with zero attached hydrogens (tertiary/aromatic N) is 2. The molecule has 2 aromatic heterocycles. The van der Waals surface area contributed by atoms with Gasteiger partial charge in [0.2, 0.25) is 0 Å². The molecule has 2 heterocycles. The van der Waals surface area contributed by atoms with Crippen molar-refractivity contribution in [3.8, 4) is 0 Å². The minimum atomic E-state index is 0.186. The largest absolute Gasteiger partial charge is 0.308 e. The van der Waals surface area contributed by atoms with Crippen LogP contribution in [0.5, 0.6) is 0 Å². The first kappa shape index (κ1) is 14.2. The highest BCUT2D eigenvalue weighted by molar-refractivity contribution is 9.10. The maximum Gasteiger partial charge on any atom is 0.0718 e. The molecule has 0 aromatic carbocycles. The van der Waals surface area contributed by atoms with Crippen LogP contribution in [0.4, 0.5) is 0 Å². The van der Waals surface area contributed by atoms with Gasteiger partial charge in [0.25, 0.3) is 0 Å². The molecule has 2 aromatic rings. The fourth-order valence-corrected chi connectivity index (χ4v) is 2.50. The number of hydrogen-bond donors (Lipinski definition) is 1. The monoisotopic (exact) mass is 319 g/mol. The number of halogens is 1. The van der Waals surface area contributed by atoms with Crippen LogP contribution in [0.1, 0.15) is 30.8 Å². The number of nitrogens with one attached hydrogen (secondary N) is 1. The number of rotatable bonds is 6. The van der Waals surface area contributed by atoms with Gasteiger partial charge in [0.05, 0.1) is 11.7 Å². The summed E-state index contributed by atoms with van der Waals surface area (Å²) in [5.74, 6) is 0. The Balaban J connectivity index is 2.19. The molecule has 0 saturated carbocycles. The second-order valence-electron chi connectivity index (χ2n) is 4.40. The van der Waals surface area contributed by atoms with E-state index in [0.29, 0.717) is 0 Å². The second-order valence-corrected chi connectivity index (χ2v) is 5.26. The van der Waals surface area contributed by atoms with E-state index < -0.39 is 0 Å². The van der Waals surface area contributed by atoms with Crippen molar-refractivity contribution in [2.24, 2.45) is 0 Å². The van der Waals surface area contributed by atoms with Crippen molar-refractivity contribution in [1.29, 1.82) is 0 Å². The van der Waals surface area contributed by atoms with E-state index in [9.17, 15) is 0 Å². The topological polar surface area (TPSA) is 37.8 Å². The predicted octanol–water partition coefficient (Wildman–Crippen LogP) is 3.52. The molecule has 0 bridgehead atoms. The van der Waals surface area contributed by atoms with Crippen molar-refractivity contribution >= 4 is 15.9 Å². The van der Waals surface area contributed by atoms with Gasteiger partial charge in [0, 0.05) is 29.0 Å². The molecule has 100 valence electrons. The van der Waals surface area contributed by atoms with Gasteiger partial charge in [-0.15, -0.1) is 0 Å². The number of hydrogen-bond acceptors (Lipinski definition) is 3. The SMILES string of the molecule is CCCNC(Cc1ccccn1)c1ncccc1Br. The molecule has 0 spiro atoms. The molecule has 0 aliphatic carbocycles. The molecule has 3 nitrogen and oxygen atoms in total. The summed E-state index contributed by atoms with van der Waals surface area (Å²) in [6, 6.07) is 10.2. The van der Waals surface area contributed by atoms with Gasteiger partial charge in [0.1, 0.15) is 0 Å². The van der Waals surface area contributed by atoms with Crippen LogP contribution in [0, 0.1) is 0 Å². The highest BCUT2D eigenvalue weighted by atomic mass is 79.9. The van der Waals surface area contributed by atoms with Crippen LogP contribution in [-0.4, -0.2) is 16.5 Å². The molecule has 0 fully saturated rings. The van der Waals surface area contributed by atoms with Gasteiger partial charge in [-0.25, -0.2) is 0 Å². The van der Waals surface area contributed by atoms with Crippen LogP contribution in [0.2, 0.25) is 0 Å². The van der Waals surface area contributed by atoms with E-state index in [4.69, 9.17) is 0 Å². The molecule has 1 N–H and O–H groups in total. The third kappa shape index (κ3) is 4.11. The van der Waals surface area contributed by atoms with Gasteiger partial charge in [0.15, 0.2) is 0 Å². The summed E-state index contributed by atoms with van der Waals surface area (Å²) in [4.78, 5) is 8.89. The van der Waals surface area contributed by atoms with Crippen LogP contribution in [-0.2, 0) is 6.42 Å². The fourth-order valence-electron chi connectivity index (χ4n) is 1.97. The van der Waals surface area contributed by atoms with Crippen molar-refractivity contribution in [3.05, 3.63) is 58.6 Å². The summed E-state index contributed by atoms with van der Waals surface area (Å²) in [7, 11) is 0. The first-order chi connectivity index (χ1) is 9.31. The molecule has 0 amide bonds. The van der Waals surface area contributed by atoms with Crippen LogP contribution >= 0.6 is 15.9 Å². The van der Waals surface area contributed by atoms with Gasteiger partial charge < -0.3 is 5.32 Å². The lowest BCUT2D eigenvalue weighted by Crippen LogP contribution is -2.25. The zero-order valence-electron chi connectivity index (χ0n) is 11.0. The Kier molecular flexibility index (Phi) is 5.48. The molecule has 0 saturated heterocycles. The minimum Gasteiger partial charge on any atom is -0.308 e. The van der Waals surface area contributed by atoms with Crippen LogP contribution < -0.4 is 5.32 Å². The van der Waals surface area contributed by atoms with Crippen LogP contribution in [0.15, 0.2) is 47.2 Å². The first-order valence-corrected chi connectivity index (χ1v) is 7.34. The van der Waals surface area contributed by atoms with Gasteiger partial charge in [-0.3, -0.25) is 9.97 Å². The quantitative estimate of drug-likeness (QED) is 0.885. The lowest BCUT2D eigenvalue weighted by Gasteiger charge is -2.18. The van der Waals surface area contributed by atoms with Crippen LogP contribution in [0.25, 0.3) is 0 Å². The Labute approximate surface area is 122 Å². The van der Waals surface area contributed by atoms with Crippen molar-refractivity contribution in [1.82, 2.24) is 15.3 Å². The van der Waals surface area contributed by atoms with Gasteiger partial charge >= 0.3 is 0 Å². The molecular formula is C15H18BrN3. The Bertz CT molecular complexity index is 502. The Morgan fingerprint density at radius 1 is 1.16 bits per heavy atom. The lowest BCUT2D eigenvalue weighted by molar-refractivity contribution is 0.511. The molecule has 2 rings (SSSR count). The Hall–Kier alpha value is -1.26. The second kappa shape index (κ2) is 7.36. The average Bonchev–Trinajstić information content (AvgIpc) is 2.45. The summed E-state index contributed by atoms with van der Waals surface area (Å²) in [5.41, 5.74) is 2.12. The maximum absolute atomic E-state index is 4.49.